The van der Waals surface area contributed by atoms with Gasteiger partial charge in [0.1, 0.15) is 0 Å². The van der Waals surface area contributed by atoms with E-state index in [1.54, 1.807) is 0 Å². The second-order valence-corrected chi connectivity index (χ2v) is 3.34. The average molecular weight is 268 g/mol. The highest BCUT2D eigenvalue weighted by Gasteiger charge is 2.41. The predicted molar refractivity (Wildman–Crippen MR) is 56.6 cm³/mol. The van der Waals surface area contributed by atoms with Gasteiger partial charge in [-0.2, -0.15) is 13.2 Å². The first-order valence-corrected chi connectivity index (χ1v) is 5.36. The Kier molecular flexibility index (Phi) is 6.43. The predicted octanol–water partition coefficient (Wildman–Crippen LogP) is 2.24. The van der Waals surface area contributed by atoms with Crippen LogP contribution < -0.4 is 0 Å². The molecule has 0 heterocycles. The van der Waals surface area contributed by atoms with Gasteiger partial charge in [0, 0.05) is 6.08 Å². The third-order valence-electron chi connectivity index (χ3n) is 2.03. The van der Waals surface area contributed by atoms with Crippen LogP contribution in [0.1, 0.15) is 20.8 Å². The molecule has 0 bridgehead atoms. The third kappa shape index (κ3) is 5.20. The summed E-state index contributed by atoms with van der Waals surface area (Å²) in [5.41, 5.74) is -0.761. The minimum atomic E-state index is -4.63. The summed E-state index contributed by atoms with van der Waals surface area (Å²) in [5.74, 6) is -4.27. The lowest BCUT2D eigenvalue weighted by atomic mass is 10.0. The van der Waals surface area contributed by atoms with E-state index in [-0.39, 0.29) is 13.2 Å². The lowest BCUT2D eigenvalue weighted by Gasteiger charge is -2.17. The molecule has 7 heteroatoms. The molecule has 0 aliphatic rings. The Balaban J connectivity index is 5.18. The molecule has 0 fully saturated rings. The van der Waals surface area contributed by atoms with Gasteiger partial charge in [0.15, 0.2) is 0 Å². The summed E-state index contributed by atoms with van der Waals surface area (Å²) in [6.07, 6.45) is -4.11. The van der Waals surface area contributed by atoms with Crippen molar-refractivity contribution in [3.63, 3.8) is 0 Å². The number of hydrogen-bond acceptors (Lipinski definition) is 4. The molecule has 0 aromatic heterocycles. The maximum absolute atomic E-state index is 12.5. The SMILES string of the molecule is CCOC(=O)/C=C(\C(=O)OCC)C(C)C(F)(F)F. The van der Waals surface area contributed by atoms with Crippen molar-refractivity contribution in [2.75, 3.05) is 13.2 Å². The summed E-state index contributed by atoms with van der Waals surface area (Å²) < 4.78 is 46.6. The number of carbonyl (C=O) groups is 2. The Hall–Kier alpha value is -1.53. The molecular formula is C11H15F3O4. The Bertz CT molecular complexity index is 334. The molecule has 0 radical (unpaired) electrons. The number of carbonyl (C=O) groups excluding carboxylic acids is 2. The van der Waals surface area contributed by atoms with E-state index in [4.69, 9.17) is 0 Å². The number of esters is 2. The van der Waals surface area contributed by atoms with E-state index in [1.807, 2.05) is 0 Å². The van der Waals surface area contributed by atoms with Gasteiger partial charge in [-0.25, -0.2) is 9.59 Å². The smallest absolute Gasteiger partial charge is 0.395 e. The first-order chi connectivity index (χ1) is 8.23. The van der Waals surface area contributed by atoms with Gasteiger partial charge in [-0.05, 0) is 20.8 Å². The van der Waals surface area contributed by atoms with Crippen molar-refractivity contribution in [2.45, 2.75) is 26.9 Å². The summed E-state index contributed by atoms with van der Waals surface area (Å²) >= 11 is 0. The van der Waals surface area contributed by atoms with E-state index in [0.29, 0.717) is 6.08 Å². The summed E-state index contributed by atoms with van der Waals surface area (Å²) in [4.78, 5) is 22.5. The maximum atomic E-state index is 12.5. The minimum absolute atomic E-state index is 0.00579. The Morgan fingerprint density at radius 2 is 1.67 bits per heavy atom. The summed E-state index contributed by atoms with van der Waals surface area (Å²) in [5, 5.41) is 0. The molecule has 104 valence electrons. The molecule has 0 aromatic carbocycles. The third-order valence-corrected chi connectivity index (χ3v) is 2.03. The van der Waals surface area contributed by atoms with E-state index in [0.717, 1.165) is 6.92 Å². The molecule has 0 amide bonds. The first kappa shape index (κ1) is 16.5. The van der Waals surface area contributed by atoms with Crippen molar-refractivity contribution in [1.29, 1.82) is 0 Å². The van der Waals surface area contributed by atoms with Crippen LogP contribution in [0.4, 0.5) is 13.2 Å². The monoisotopic (exact) mass is 268 g/mol. The Morgan fingerprint density at radius 3 is 2.06 bits per heavy atom. The zero-order valence-corrected chi connectivity index (χ0v) is 10.3. The van der Waals surface area contributed by atoms with Gasteiger partial charge in [-0.1, -0.05) is 0 Å². The van der Waals surface area contributed by atoms with Gasteiger partial charge in [-0.3, -0.25) is 0 Å². The zero-order valence-electron chi connectivity index (χ0n) is 10.3. The molecule has 0 rings (SSSR count). The van der Waals surface area contributed by atoms with Crippen LogP contribution in [0.25, 0.3) is 0 Å². The van der Waals surface area contributed by atoms with Crippen LogP contribution in [0.5, 0.6) is 0 Å². The quantitative estimate of drug-likeness (QED) is 0.567. The van der Waals surface area contributed by atoms with Crippen molar-refractivity contribution < 1.29 is 32.2 Å². The van der Waals surface area contributed by atoms with Gasteiger partial charge in [0.2, 0.25) is 0 Å². The molecule has 0 saturated carbocycles. The van der Waals surface area contributed by atoms with E-state index >= 15 is 0 Å². The van der Waals surface area contributed by atoms with Crippen LogP contribution in [0.2, 0.25) is 0 Å². The van der Waals surface area contributed by atoms with Gasteiger partial charge in [0.05, 0.1) is 24.7 Å². The molecular weight excluding hydrogens is 253 g/mol. The standard InChI is InChI=1S/C11H15F3O4/c1-4-17-9(15)6-8(10(16)18-5-2)7(3)11(12,13)14/h6-7H,4-5H2,1-3H3/b8-6-. The van der Waals surface area contributed by atoms with Crippen LogP contribution in [0.15, 0.2) is 11.6 Å². The van der Waals surface area contributed by atoms with Crippen LogP contribution >= 0.6 is 0 Å². The Labute approximate surface area is 103 Å². The average Bonchev–Trinajstić information content (AvgIpc) is 2.24. The molecule has 18 heavy (non-hydrogen) atoms. The zero-order chi connectivity index (χ0) is 14.3. The first-order valence-electron chi connectivity index (χ1n) is 5.36. The molecule has 0 aliphatic carbocycles. The second-order valence-electron chi connectivity index (χ2n) is 3.34. The molecule has 0 N–H and O–H groups in total. The van der Waals surface area contributed by atoms with Gasteiger partial charge in [0.25, 0.3) is 0 Å². The molecule has 1 unspecified atom stereocenters. The van der Waals surface area contributed by atoms with Crippen molar-refractivity contribution in [2.24, 2.45) is 5.92 Å². The van der Waals surface area contributed by atoms with Crippen LogP contribution in [-0.2, 0) is 19.1 Å². The number of rotatable bonds is 5. The van der Waals surface area contributed by atoms with Gasteiger partial charge < -0.3 is 9.47 Å². The van der Waals surface area contributed by atoms with E-state index in [1.165, 1.54) is 13.8 Å². The lowest BCUT2D eigenvalue weighted by molar-refractivity contribution is -0.167. The number of halogens is 3. The molecule has 0 aromatic rings. The second kappa shape index (κ2) is 7.03. The van der Waals surface area contributed by atoms with E-state index < -0.39 is 29.6 Å². The highest BCUT2D eigenvalue weighted by Crippen LogP contribution is 2.32. The number of ether oxygens (including phenoxy) is 2. The van der Waals surface area contributed by atoms with E-state index in [9.17, 15) is 22.8 Å². The number of alkyl halides is 3. The topological polar surface area (TPSA) is 52.6 Å². The molecule has 0 spiro atoms. The highest BCUT2D eigenvalue weighted by atomic mass is 19.4. The van der Waals surface area contributed by atoms with Crippen LogP contribution in [0, 0.1) is 5.92 Å². The largest absolute Gasteiger partial charge is 0.463 e. The Morgan fingerprint density at radius 1 is 1.17 bits per heavy atom. The normalized spacial score (nSPS) is 14.0. The summed E-state index contributed by atoms with van der Waals surface area (Å²) in [7, 11) is 0. The van der Waals surface area contributed by atoms with Crippen molar-refractivity contribution in [3.05, 3.63) is 11.6 Å². The van der Waals surface area contributed by atoms with Crippen molar-refractivity contribution >= 4 is 11.9 Å². The fourth-order valence-electron chi connectivity index (χ4n) is 1.06. The summed E-state index contributed by atoms with van der Waals surface area (Å²) in [6, 6.07) is 0. The molecule has 0 aliphatic heterocycles. The lowest BCUT2D eigenvalue weighted by Crippen LogP contribution is -2.27. The molecule has 0 saturated heterocycles. The fourth-order valence-corrected chi connectivity index (χ4v) is 1.06. The fraction of sp³-hybridized carbons (Fsp3) is 0.636. The summed E-state index contributed by atoms with van der Waals surface area (Å²) in [6.45, 7) is 3.67. The minimum Gasteiger partial charge on any atom is -0.463 e. The van der Waals surface area contributed by atoms with E-state index in [2.05, 4.69) is 9.47 Å². The maximum Gasteiger partial charge on any atom is 0.395 e. The highest BCUT2D eigenvalue weighted by molar-refractivity contribution is 5.96. The van der Waals surface area contributed by atoms with Gasteiger partial charge in [-0.15, -0.1) is 0 Å². The van der Waals surface area contributed by atoms with Crippen molar-refractivity contribution in [3.8, 4) is 0 Å². The number of hydrogen-bond donors (Lipinski definition) is 0. The van der Waals surface area contributed by atoms with Crippen LogP contribution in [-0.4, -0.2) is 31.3 Å². The van der Waals surface area contributed by atoms with Crippen molar-refractivity contribution in [1.82, 2.24) is 0 Å². The van der Waals surface area contributed by atoms with Gasteiger partial charge >= 0.3 is 18.1 Å². The molecule has 1 atom stereocenters. The van der Waals surface area contributed by atoms with Crippen LogP contribution in [0.3, 0.4) is 0 Å². The molecule has 4 nitrogen and oxygen atoms in total.